The molecule has 0 atom stereocenters. The molecule has 4 aromatic rings. The first-order valence-corrected chi connectivity index (χ1v) is 9.78. The van der Waals surface area contributed by atoms with Gasteiger partial charge in [0.1, 0.15) is 22.7 Å². The summed E-state index contributed by atoms with van der Waals surface area (Å²) in [5.41, 5.74) is 4.89. The van der Waals surface area contributed by atoms with Crippen LogP contribution in [0.25, 0.3) is 21.3 Å². The highest BCUT2D eigenvalue weighted by atomic mass is 32.1. The minimum Gasteiger partial charge on any atom is -0.497 e. The Morgan fingerprint density at radius 2 is 1.78 bits per heavy atom. The van der Waals surface area contributed by atoms with Crippen molar-refractivity contribution in [2.24, 2.45) is 0 Å². The van der Waals surface area contributed by atoms with Crippen molar-refractivity contribution >= 4 is 27.4 Å². The molecule has 0 aliphatic carbocycles. The molecule has 0 saturated carbocycles. The van der Waals surface area contributed by atoms with Crippen LogP contribution in [0.5, 0.6) is 5.75 Å². The largest absolute Gasteiger partial charge is 0.497 e. The van der Waals surface area contributed by atoms with Crippen LogP contribution in [0.3, 0.4) is 0 Å². The molecule has 0 saturated heterocycles. The van der Waals surface area contributed by atoms with Crippen molar-refractivity contribution in [1.29, 1.82) is 0 Å². The second kappa shape index (κ2) is 7.76. The number of nitrogens with one attached hydrogen (secondary N) is 1. The Morgan fingerprint density at radius 1 is 1.00 bits per heavy atom. The number of ether oxygens (including phenoxy) is 1. The number of aromatic nitrogens is 2. The van der Waals surface area contributed by atoms with E-state index in [4.69, 9.17) is 4.74 Å². The van der Waals surface area contributed by atoms with Crippen LogP contribution in [0, 0.1) is 6.92 Å². The van der Waals surface area contributed by atoms with E-state index in [9.17, 15) is 0 Å². The lowest BCUT2D eigenvalue weighted by Gasteiger charge is -2.09. The topological polar surface area (TPSA) is 47.0 Å². The zero-order chi connectivity index (χ0) is 18.6. The van der Waals surface area contributed by atoms with Gasteiger partial charge in [0.15, 0.2) is 0 Å². The Hall–Kier alpha value is -2.92. The van der Waals surface area contributed by atoms with E-state index in [-0.39, 0.29) is 0 Å². The van der Waals surface area contributed by atoms with E-state index < -0.39 is 0 Å². The van der Waals surface area contributed by atoms with Crippen molar-refractivity contribution in [3.05, 3.63) is 71.4 Å². The Morgan fingerprint density at radius 3 is 2.52 bits per heavy atom. The van der Waals surface area contributed by atoms with Crippen LogP contribution in [0.2, 0.25) is 0 Å². The van der Waals surface area contributed by atoms with Gasteiger partial charge in [-0.2, -0.15) is 0 Å². The molecule has 1 N–H and O–H groups in total. The predicted octanol–water partition coefficient (Wildman–Crippen LogP) is 5.33. The second-order valence-electron chi connectivity index (χ2n) is 6.44. The van der Waals surface area contributed by atoms with E-state index in [0.29, 0.717) is 0 Å². The summed E-state index contributed by atoms with van der Waals surface area (Å²) in [4.78, 5) is 9.94. The number of hydrogen-bond donors (Lipinski definition) is 1. The first-order chi connectivity index (χ1) is 13.2. The van der Waals surface area contributed by atoms with Gasteiger partial charge < -0.3 is 10.1 Å². The Labute approximate surface area is 162 Å². The van der Waals surface area contributed by atoms with Gasteiger partial charge in [0.25, 0.3) is 0 Å². The van der Waals surface area contributed by atoms with E-state index in [2.05, 4.69) is 64.0 Å². The molecule has 5 heteroatoms. The van der Waals surface area contributed by atoms with Gasteiger partial charge in [-0.05, 0) is 36.6 Å². The first kappa shape index (κ1) is 17.5. The fraction of sp³-hybridized carbons (Fsp3) is 0.182. The molecule has 2 aromatic carbocycles. The Kier molecular flexibility index (Phi) is 5.03. The second-order valence-corrected chi connectivity index (χ2v) is 7.30. The molecule has 0 aliphatic heterocycles. The minimum absolute atomic E-state index is 0.826. The summed E-state index contributed by atoms with van der Waals surface area (Å²) in [6.07, 6.45) is 2.58. The quantitative estimate of drug-likeness (QED) is 0.495. The fourth-order valence-electron chi connectivity index (χ4n) is 3.07. The first-order valence-electron chi connectivity index (χ1n) is 8.90. The zero-order valence-electron chi connectivity index (χ0n) is 15.4. The molecule has 0 bridgehead atoms. The summed E-state index contributed by atoms with van der Waals surface area (Å²) in [6, 6.07) is 16.8. The molecule has 0 radical (unpaired) electrons. The summed E-state index contributed by atoms with van der Waals surface area (Å²) in [7, 11) is 1.68. The van der Waals surface area contributed by atoms with Crippen molar-refractivity contribution in [2.75, 3.05) is 19.0 Å². The Bertz CT molecular complexity index is 1040. The zero-order valence-corrected chi connectivity index (χ0v) is 16.2. The molecule has 0 spiro atoms. The summed E-state index contributed by atoms with van der Waals surface area (Å²) >= 11 is 1.64. The molecule has 4 nitrogen and oxygen atoms in total. The normalized spacial score (nSPS) is 10.9. The summed E-state index contributed by atoms with van der Waals surface area (Å²) in [5, 5.41) is 6.73. The highest BCUT2D eigenvalue weighted by molar-refractivity contribution is 7.17. The highest BCUT2D eigenvalue weighted by Crippen LogP contribution is 2.36. The van der Waals surface area contributed by atoms with Crippen molar-refractivity contribution in [3.8, 4) is 16.9 Å². The number of thiophene rings is 1. The molecule has 27 heavy (non-hydrogen) atoms. The summed E-state index contributed by atoms with van der Waals surface area (Å²) in [5.74, 6) is 1.74. The van der Waals surface area contributed by atoms with Crippen molar-refractivity contribution in [3.63, 3.8) is 0 Å². The summed E-state index contributed by atoms with van der Waals surface area (Å²) < 4.78 is 5.27. The molecule has 2 heterocycles. The summed E-state index contributed by atoms with van der Waals surface area (Å²) in [6.45, 7) is 2.93. The molecule has 2 aromatic heterocycles. The SMILES string of the molecule is COc1ccc(-c2csc3ncnc(NCCc4ccc(C)cc4)c23)cc1. The molecule has 0 amide bonds. The monoisotopic (exact) mass is 375 g/mol. The molecule has 136 valence electrons. The third kappa shape index (κ3) is 3.78. The highest BCUT2D eigenvalue weighted by Gasteiger charge is 2.13. The van der Waals surface area contributed by atoms with Crippen LogP contribution in [0.15, 0.2) is 60.2 Å². The number of benzene rings is 2. The van der Waals surface area contributed by atoms with Gasteiger partial charge in [0.05, 0.1) is 12.5 Å². The van der Waals surface area contributed by atoms with Gasteiger partial charge in [-0.1, -0.05) is 42.0 Å². The number of nitrogens with zero attached hydrogens (tertiary/aromatic N) is 2. The van der Waals surface area contributed by atoms with Crippen LogP contribution in [0.4, 0.5) is 5.82 Å². The third-order valence-electron chi connectivity index (χ3n) is 4.60. The molecule has 0 aliphatic rings. The third-order valence-corrected chi connectivity index (χ3v) is 5.48. The van der Waals surface area contributed by atoms with Gasteiger partial charge >= 0.3 is 0 Å². The van der Waals surface area contributed by atoms with Crippen molar-refractivity contribution in [1.82, 2.24) is 9.97 Å². The number of fused-ring (bicyclic) bond motifs is 1. The average molecular weight is 375 g/mol. The Balaban J connectivity index is 1.58. The lowest BCUT2D eigenvalue weighted by molar-refractivity contribution is 0.415. The number of aryl methyl sites for hydroxylation is 1. The predicted molar refractivity (Wildman–Crippen MR) is 113 cm³/mol. The van der Waals surface area contributed by atoms with Crippen LogP contribution in [-0.4, -0.2) is 23.6 Å². The van der Waals surface area contributed by atoms with Gasteiger partial charge in [-0.15, -0.1) is 11.3 Å². The molecular formula is C22H21N3OS. The van der Waals surface area contributed by atoms with Crippen molar-refractivity contribution < 1.29 is 4.74 Å². The van der Waals surface area contributed by atoms with Crippen LogP contribution in [-0.2, 0) is 6.42 Å². The van der Waals surface area contributed by atoms with Crippen molar-refractivity contribution in [2.45, 2.75) is 13.3 Å². The van der Waals surface area contributed by atoms with Gasteiger partial charge in [-0.3, -0.25) is 0 Å². The van der Waals surface area contributed by atoms with E-state index in [1.54, 1.807) is 24.8 Å². The minimum atomic E-state index is 0.826. The standard InChI is InChI=1S/C22H21N3OS/c1-15-3-5-16(6-4-15)11-12-23-21-20-19(13-27-22(20)25-14-24-21)17-7-9-18(26-2)10-8-17/h3-10,13-14H,11-12H2,1-2H3,(H,23,24,25). The molecular weight excluding hydrogens is 354 g/mol. The van der Waals surface area contributed by atoms with Crippen LogP contribution >= 0.6 is 11.3 Å². The van der Waals surface area contributed by atoms with Gasteiger partial charge in [0, 0.05) is 17.5 Å². The molecule has 0 fully saturated rings. The number of hydrogen-bond acceptors (Lipinski definition) is 5. The maximum Gasteiger partial charge on any atom is 0.138 e. The number of rotatable bonds is 6. The van der Waals surface area contributed by atoms with Crippen LogP contribution < -0.4 is 10.1 Å². The lowest BCUT2D eigenvalue weighted by Crippen LogP contribution is -2.07. The smallest absolute Gasteiger partial charge is 0.138 e. The van der Waals surface area contributed by atoms with E-state index in [1.165, 1.54) is 11.1 Å². The van der Waals surface area contributed by atoms with E-state index in [0.717, 1.165) is 45.9 Å². The van der Waals surface area contributed by atoms with Gasteiger partial charge in [-0.25, -0.2) is 9.97 Å². The number of anilines is 1. The maximum absolute atomic E-state index is 5.27. The van der Waals surface area contributed by atoms with E-state index in [1.807, 2.05) is 12.1 Å². The van der Waals surface area contributed by atoms with E-state index >= 15 is 0 Å². The van der Waals surface area contributed by atoms with Crippen LogP contribution in [0.1, 0.15) is 11.1 Å². The fourth-order valence-corrected chi connectivity index (χ4v) is 3.99. The molecule has 0 unspecified atom stereocenters. The number of methoxy groups -OCH3 is 1. The average Bonchev–Trinajstić information content (AvgIpc) is 3.15. The molecule has 4 rings (SSSR count). The lowest BCUT2D eigenvalue weighted by atomic mass is 10.1. The van der Waals surface area contributed by atoms with Gasteiger partial charge in [0.2, 0.25) is 0 Å². The maximum atomic E-state index is 5.27.